The van der Waals surface area contributed by atoms with Gasteiger partial charge in [0.1, 0.15) is 17.8 Å². The second-order valence-electron chi connectivity index (χ2n) is 11.3. The Morgan fingerprint density at radius 1 is 0.932 bits per heavy atom. The minimum Gasteiger partial charge on any atom is -0.497 e. The van der Waals surface area contributed by atoms with Gasteiger partial charge in [-0.05, 0) is 65.9 Å². The Bertz CT molecular complexity index is 1910. The molecule has 0 radical (unpaired) electrons. The van der Waals surface area contributed by atoms with Crippen molar-refractivity contribution in [3.05, 3.63) is 131 Å². The van der Waals surface area contributed by atoms with Crippen molar-refractivity contribution >= 4 is 34.4 Å². The SMILES string of the molecule is COc1ccc(CCNC(=O)c2ccccc2N2C(=O)[C@@H]3Cc4c([nH]c5ccccc45)[C@H](c4ccccc4C)N3C2=O)cc1. The number of hydrogen-bond acceptors (Lipinski definition) is 4. The van der Waals surface area contributed by atoms with Crippen molar-refractivity contribution in [3.63, 3.8) is 0 Å². The normalized spacial score (nSPS) is 17.5. The number of aryl methyl sites for hydroxylation is 1. The number of amides is 4. The number of carbonyl (C=O) groups excluding carboxylic acids is 3. The van der Waals surface area contributed by atoms with Crippen LogP contribution in [-0.2, 0) is 17.6 Å². The fraction of sp³-hybridized carbons (Fsp3) is 0.194. The van der Waals surface area contributed by atoms with Gasteiger partial charge in [0.15, 0.2) is 0 Å². The van der Waals surface area contributed by atoms with Crippen LogP contribution in [-0.4, -0.2) is 47.4 Å². The lowest BCUT2D eigenvalue weighted by atomic mass is 9.87. The number of H-pyrrole nitrogens is 1. The average Bonchev–Trinajstić information content (AvgIpc) is 3.54. The summed E-state index contributed by atoms with van der Waals surface area (Å²) in [5.41, 5.74) is 6.54. The number of nitrogens with one attached hydrogen (secondary N) is 2. The van der Waals surface area contributed by atoms with E-state index in [1.54, 1.807) is 36.3 Å². The quantitative estimate of drug-likeness (QED) is 0.232. The fourth-order valence-electron chi connectivity index (χ4n) is 6.58. The molecule has 4 amide bonds. The lowest BCUT2D eigenvalue weighted by Gasteiger charge is -2.36. The Morgan fingerprint density at radius 2 is 1.66 bits per heavy atom. The predicted molar refractivity (Wildman–Crippen MR) is 169 cm³/mol. The summed E-state index contributed by atoms with van der Waals surface area (Å²) in [6.45, 7) is 2.42. The molecule has 1 aromatic heterocycles. The molecule has 0 saturated carbocycles. The summed E-state index contributed by atoms with van der Waals surface area (Å²) in [7, 11) is 1.62. The number of urea groups is 1. The second kappa shape index (κ2) is 11.0. The van der Waals surface area contributed by atoms with Gasteiger partial charge in [0.2, 0.25) is 0 Å². The number of imide groups is 1. The van der Waals surface area contributed by atoms with E-state index in [4.69, 9.17) is 4.74 Å². The maximum Gasteiger partial charge on any atom is 0.332 e. The second-order valence-corrected chi connectivity index (χ2v) is 11.3. The van der Waals surface area contributed by atoms with Gasteiger partial charge in [-0.15, -0.1) is 0 Å². The molecule has 220 valence electrons. The van der Waals surface area contributed by atoms with Crippen LogP contribution in [0.4, 0.5) is 10.5 Å². The average molecular weight is 585 g/mol. The first-order valence-electron chi connectivity index (χ1n) is 14.8. The van der Waals surface area contributed by atoms with Crippen LogP contribution in [0.5, 0.6) is 5.75 Å². The number of aromatic amines is 1. The molecule has 2 aliphatic rings. The summed E-state index contributed by atoms with van der Waals surface area (Å²) >= 11 is 0. The highest BCUT2D eigenvalue weighted by Crippen LogP contribution is 2.45. The van der Waals surface area contributed by atoms with Gasteiger partial charge < -0.3 is 15.0 Å². The minimum atomic E-state index is -0.704. The van der Waals surface area contributed by atoms with E-state index in [1.165, 1.54) is 4.90 Å². The van der Waals surface area contributed by atoms with Gasteiger partial charge in [0.25, 0.3) is 11.8 Å². The number of benzene rings is 4. The minimum absolute atomic E-state index is 0.278. The van der Waals surface area contributed by atoms with Crippen LogP contribution in [0.1, 0.15) is 44.3 Å². The smallest absolute Gasteiger partial charge is 0.332 e. The Balaban J connectivity index is 1.22. The Hall–Kier alpha value is -5.37. The number of fused-ring (bicyclic) bond motifs is 4. The molecule has 5 aromatic rings. The number of ether oxygens (including phenoxy) is 1. The number of anilines is 1. The molecule has 3 heterocycles. The molecule has 4 aromatic carbocycles. The number of nitrogens with zero attached hydrogens (tertiary/aromatic N) is 2. The van der Waals surface area contributed by atoms with Crippen molar-refractivity contribution in [2.24, 2.45) is 0 Å². The molecule has 0 bridgehead atoms. The standard InChI is InChI=1S/C36H32N4O4/c1-22-9-3-4-10-25(22)33-32-28(26-11-5-7-13-29(26)38-32)21-31-35(42)40(36(43)39(31)33)30-14-8-6-12-27(30)34(41)37-20-19-23-15-17-24(44-2)18-16-23/h3-18,31,33,38H,19-21H2,1-2H3,(H,37,41)/t31-,33-/m0/s1. The van der Waals surface area contributed by atoms with E-state index in [2.05, 4.69) is 16.4 Å². The summed E-state index contributed by atoms with van der Waals surface area (Å²) in [6, 6.07) is 28.9. The monoisotopic (exact) mass is 584 g/mol. The van der Waals surface area contributed by atoms with Crippen molar-refractivity contribution in [2.75, 3.05) is 18.6 Å². The van der Waals surface area contributed by atoms with E-state index in [-0.39, 0.29) is 23.1 Å². The van der Waals surface area contributed by atoms with Gasteiger partial charge in [0, 0.05) is 29.6 Å². The summed E-state index contributed by atoms with van der Waals surface area (Å²) in [5, 5.41) is 4.02. The third-order valence-corrected chi connectivity index (χ3v) is 8.78. The number of methoxy groups -OCH3 is 1. The molecular weight excluding hydrogens is 552 g/mol. The third-order valence-electron chi connectivity index (χ3n) is 8.78. The molecule has 8 heteroatoms. The van der Waals surface area contributed by atoms with Crippen LogP contribution in [0.3, 0.4) is 0 Å². The highest BCUT2D eigenvalue weighted by molar-refractivity contribution is 6.24. The van der Waals surface area contributed by atoms with E-state index < -0.39 is 18.1 Å². The molecule has 0 unspecified atom stereocenters. The maximum absolute atomic E-state index is 14.4. The van der Waals surface area contributed by atoms with Crippen molar-refractivity contribution < 1.29 is 19.1 Å². The van der Waals surface area contributed by atoms with Crippen LogP contribution < -0.4 is 15.0 Å². The summed E-state index contributed by atoms with van der Waals surface area (Å²) in [5.74, 6) is 0.0994. The van der Waals surface area contributed by atoms with Crippen molar-refractivity contribution in [1.29, 1.82) is 0 Å². The first-order chi connectivity index (χ1) is 21.5. The molecule has 44 heavy (non-hydrogen) atoms. The van der Waals surface area contributed by atoms with E-state index in [9.17, 15) is 14.4 Å². The topological polar surface area (TPSA) is 94.7 Å². The maximum atomic E-state index is 14.4. The highest BCUT2D eigenvalue weighted by atomic mass is 16.5. The molecule has 2 aliphatic heterocycles. The highest BCUT2D eigenvalue weighted by Gasteiger charge is 2.53. The predicted octanol–water partition coefficient (Wildman–Crippen LogP) is 5.94. The molecule has 7 rings (SSSR count). The largest absolute Gasteiger partial charge is 0.497 e. The lowest BCUT2D eigenvalue weighted by molar-refractivity contribution is -0.120. The van der Waals surface area contributed by atoms with E-state index in [0.717, 1.165) is 44.6 Å². The zero-order valence-electron chi connectivity index (χ0n) is 24.5. The summed E-state index contributed by atoms with van der Waals surface area (Å²) in [4.78, 5) is 48.5. The number of rotatable bonds is 7. The van der Waals surface area contributed by atoms with Crippen LogP contribution in [0, 0.1) is 6.92 Å². The lowest BCUT2D eigenvalue weighted by Crippen LogP contribution is -2.44. The molecule has 2 atom stereocenters. The number of carbonyl (C=O) groups is 3. The molecule has 2 N–H and O–H groups in total. The van der Waals surface area contributed by atoms with Crippen LogP contribution in [0.25, 0.3) is 10.9 Å². The molecule has 1 fully saturated rings. The van der Waals surface area contributed by atoms with E-state index in [1.807, 2.05) is 73.7 Å². The Labute approximate surface area is 255 Å². The van der Waals surface area contributed by atoms with Gasteiger partial charge in [-0.25, -0.2) is 9.69 Å². The third kappa shape index (κ3) is 4.50. The van der Waals surface area contributed by atoms with Gasteiger partial charge in [-0.3, -0.25) is 14.5 Å². The van der Waals surface area contributed by atoms with Gasteiger partial charge >= 0.3 is 6.03 Å². The first kappa shape index (κ1) is 27.5. The number of aromatic nitrogens is 1. The Morgan fingerprint density at radius 3 is 2.45 bits per heavy atom. The zero-order chi connectivity index (χ0) is 30.4. The van der Waals surface area contributed by atoms with E-state index >= 15 is 0 Å². The molecule has 1 saturated heterocycles. The molecular formula is C36H32N4O4. The zero-order valence-corrected chi connectivity index (χ0v) is 24.5. The molecule has 0 spiro atoms. The first-order valence-corrected chi connectivity index (χ1v) is 14.8. The van der Waals surface area contributed by atoms with Crippen molar-refractivity contribution in [2.45, 2.75) is 31.8 Å². The van der Waals surface area contributed by atoms with Crippen LogP contribution >= 0.6 is 0 Å². The van der Waals surface area contributed by atoms with E-state index in [0.29, 0.717) is 19.4 Å². The Kier molecular flexibility index (Phi) is 6.89. The fourth-order valence-corrected chi connectivity index (χ4v) is 6.58. The van der Waals surface area contributed by atoms with Gasteiger partial charge in [-0.1, -0.05) is 66.7 Å². The summed E-state index contributed by atoms with van der Waals surface area (Å²) < 4.78 is 5.22. The summed E-state index contributed by atoms with van der Waals surface area (Å²) in [6.07, 6.45) is 1.01. The number of para-hydroxylation sites is 2. The van der Waals surface area contributed by atoms with Gasteiger partial charge in [-0.2, -0.15) is 0 Å². The van der Waals surface area contributed by atoms with Crippen LogP contribution in [0.15, 0.2) is 97.1 Å². The van der Waals surface area contributed by atoms with Crippen molar-refractivity contribution in [1.82, 2.24) is 15.2 Å². The van der Waals surface area contributed by atoms with Gasteiger partial charge in [0.05, 0.1) is 18.4 Å². The molecule has 0 aliphatic carbocycles. The van der Waals surface area contributed by atoms with Crippen LogP contribution in [0.2, 0.25) is 0 Å². The molecule has 8 nitrogen and oxygen atoms in total. The number of hydrogen-bond donors (Lipinski definition) is 2. The van der Waals surface area contributed by atoms with Crippen molar-refractivity contribution in [3.8, 4) is 5.75 Å².